The van der Waals surface area contributed by atoms with Crippen molar-refractivity contribution in [2.75, 3.05) is 6.54 Å². The van der Waals surface area contributed by atoms with Gasteiger partial charge in [0.25, 0.3) is 8.32 Å². The van der Waals surface area contributed by atoms with Crippen LogP contribution in [0.1, 0.15) is 33.6 Å². The predicted molar refractivity (Wildman–Crippen MR) is 110 cm³/mol. The van der Waals surface area contributed by atoms with Gasteiger partial charge in [0, 0.05) is 11.0 Å². The van der Waals surface area contributed by atoms with Crippen molar-refractivity contribution >= 4 is 18.7 Å². The smallest absolute Gasteiger partial charge is 0.261 e. The number of rotatable bonds is 7. The van der Waals surface area contributed by atoms with Gasteiger partial charge >= 0.3 is 0 Å². The van der Waals surface area contributed by atoms with Crippen LogP contribution in [-0.2, 0) is 4.43 Å². The molecule has 0 aromatic heterocycles. The molecular formula is C22H30NO3Si+. The summed E-state index contributed by atoms with van der Waals surface area (Å²) in [6, 6.07) is 21.2. The van der Waals surface area contributed by atoms with Crippen LogP contribution in [0, 0.1) is 10.8 Å². The van der Waals surface area contributed by atoms with Crippen LogP contribution in [0.15, 0.2) is 60.7 Å². The highest BCUT2D eigenvalue weighted by molar-refractivity contribution is 6.99. The summed E-state index contributed by atoms with van der Waals surface area (Å²) in [6.45, 7) is 6.90. The van der Waals surface area contributed by atoms with Crippen molar-refractivity contribution in [2.45, 2.75) is 50.9 Å². The molecule has 2 aromatic carbocycles. The van der Waals surface area contributed by atoms with Gasteiger partial charge in [-0.05, 0) is 39.3 Å². The second-order valence-corrected chi connectivity index (χ2v) is 12.8. The Morgan fingerprint density at radius 3 is 1.93 bits per heavy atom. The van der Waals surface area contributed by atoms with E-state index in [4.69, 9.17) is 4.43 Å². The van der Waals surface area contributed by atoms with E-state index in [1.807, 2.05) is 17.3 Å². The first-order valence-electron chi connectivity index (χ1n) is 9.70. The molecule has 1 atom stereocenters. The Hall–Kier alpha value is -1.82. The third-order valence-electron chi connectivity index (χ3n) is 5.73. The first kappa shape index (κ1) is 19.9. The lowest BCUT2D eigenvalue weighted by Gasteiger charge is -2.49. The molecule has 2 aromatic rings. The van der Waals surface area contributed by atoms with E-state index in [0.717, 1.165) is 12.8 Å². The molecule has 4 nitrogen and oxygen atoms in total. The minimum Gasteiger partial charge on any atom is -0.404 e. The maximum absolute atomic E-state index is 10.6. The number of nitroso groups, excluding NO2 is 1. The standard InChI is InChI=1S/C22H29NO3Si/c1-22(2,3)27(19-10-6-4-7-11-19,20-12-8-5-9-13-20)26-18-14-17(15-18)21(24)16-23-25/h4-13,17-18,21,24H,14-16H2,1-3H3/p+1. The van der Waals surface area contributed by atoms with Crippen molar-refractivity contribution in [3.63, 3.8) is 0 Å². The van der Waals surface area contributed by atoms with Gasteiger partial charge in [-0.3, -0.25) is 0 Å². The first-order valence-corrected chi connectivity index (χ1v) is 11.6. The zero-order valence-corrected chi connectivity index (χ0v) is 17.4. The minimum atomic E-state index is -2.52. The van der Waals surface area contributed by atoms with Gasteiger partial charge in [0.05, 0.1) is 0 Å². The van der Waals surface area contributed by atoms with E-state index in [-0.39, 0.29) is 23.6 Å². The molecule has 1 unspecified atom stereocenters. The van der Waals surface area contributed by atoms with Gasteiger partial charge in [0.15, 0.2) is 0 Å². The van der Waals surface area contributed by atoms with E-state index in [1.165, 1.54) is 10.4 Å². The highest BCUT2D eigenvalue weighted by atomic mass is 28.4. The summed E-state index contributed by atoms with van der Waals surface area (Å²) in [6.07, 6.45) is 1.12. The molecule has 1 aliphatic carbocycles. The predicted octanol–water partition coefficient (Wildman–Crippen LogP) is 1.55. The van der Waals surface area contributed by atoms with E-state index in [0.29, 0.717) is 0 Å². The number of nitrogens with one attached hydrogen (secondary N) is 1. The summed E-state index contributed by atoms with van der Waals surface area (Å²) in [4.78, 5) is 10.6. The van der Waals surface area contributed by atoms with Gasteiger partial charge in [0.1, 0.15) is 6.10 Å². The highest BCUT2D eigenvalue weighted by Crippen LogP contribution is 2.42. The van der Waals surface area contributed by atoms with E-state index in [1.54, 1.807) is 0 Å². The third-order valence-corrected chi connectivity index (χ3v) is 10.8. The highest BCUT2D eigenvalue weighted by Gasteiger charge is 2.53. The van der Waals surface area contributed by atoms with Crippen molar-refractivity contribution in [1.29, 1.82) is 0 Å². The van der Waals surface area contributed by atoms with Gasteiger partial charge in [-0.2, -0.15) is 0 Å². The Labute approximate surface area is 162 Å². The molecule has 0 radical (unpaired) electrons. The van der Waals surface area contributed by atoms with Crippen LogP contribution < -0.4 is 15.6 Å². The zero-order chi connectivity index (χ0) is 19.5. The fourth-order valence-corrected chi connectivity index (χ4v) is 8.92. The van der Waals surface area contributed by atoms with Crippen molar-refractivity contribution in [1.82, 2.24) is 0 Å². The second-order valence-electron chi connectivity index (χ2n) is 8.55. The maximum atomic E-state index is 10.6. The van der Waals surface area contributed by atoms with Crippen LogP contribution in [-0.4, -0.2) is 32.2 Å². The van der Waals surface area contributed by atoms with Crippen molar-refractivity contribution in [2.24, 2.45) is 5.92 Å². The molecule has 0 spiro atoms. The van der Waals surface area contributed by atoms with Gasteiger partial charge in [-0.25, -0.2) is 0 Å². The Bertz CT molecular complexity index is 700. The van der Waals surface area contributed by atoms with Crippen molar-refractivity contribution < 1.29 is 14.7 Å². The summed E-state index contributed by atoms with van der Waals surface area (Å²) in [5.74, 6) is 0.134. The monoisotopic (exact) mass is 384 g/mol. The average Bonchev–Trinajstić information content (AvgIpc) is 2.61. The summed E-state index contributed by atoms with van der Waals surface area (Å²) in [5.41, 5.74) is 0. The number of aliphatic hydroxyl groups excluding tert-OH is 1. The van der Waals surface area contributed by atoms with Crippen LogP contribution in [0.2, 0.25) is 5.04 Å². The summed E-state index contributed by atoms with van der Waals surface area (Å²) >= 11 is 0. The van der Waals surface area contributed by atoms with Gasteiger partial charge in [-0.1, -0.05) is 81.4 Å². The molecule has 5 heteroatoms. The lowest BCUT2D eigenvalue weighted by atomic mass is 9.78. The number of hydrogen-bond acceptors (Lipinski definition) is 3. The zero-order valence-electron chi connectivity index (χ0n) is 16.4. The molecule has 0 heterocycles. The molecule has 27 heavy (non-hydrogen) atoms. The lowest BCUT2D eigenvalue weighted by molar-refractivity contribution is -0.494. The molecular weight excluding hydrogens is 354 g/mol. The largest absolute Gasteiger partial charge is 0.404 e. The van der Waals surface area contributed by atoms with Gasteiger partial charge < -0.3 is 9.53 Å². The molecule has 0 amide bonds. The summed E-state index contributed by atoms with van der Waals surface area (Å²) in [7, 11) is -2.52. The fraction of sp³-hybridized carbons (Fsp3) is 0.455. The van der Waals surface area contributed by atoms with E-state index >= 15 is 0 Å². The molecule has 1 saturated carbocycles. The Morgan fingerprint density at radius 1 is 1.04 bits per heavy atom. The van der Waals surface area contributed by atoms with Gasteiger partial charge in [0.2, 0.25) is 6.54 Å². The molecule has 1 aliphatic rings. The average molecular weight is 385 g/mol. The van der Waals surface area contributed by atoms with Crippen LogP contribution in [0.3, 0.4) is 0 Å². The molecule has 0 saturated heterocycles. The van der Waals surface area contributed by atoms with Crippen molar-refractivity contribution in [3.8, 4) is 0 Å². The molecule has 144 valence electrons. The lowest BCUT2D eigenvalue weighted by Crippen LogP contribution is -2.71. The molecule has 0 aliphatic heterocycles. The maximum Gasteiger partial charge on any atom is 0.261 e. The van der Waals surface area contributed by atoms with Crippen LogP contribution in [0.5, 0.6) is 0 Å². The van der Waals surface area contributed by atoms with Crippen LogP contribution in [0.25, 0.3) is 0 Å². The number of hydrogen-bond donors (Lipinski definition) is 2. The molecule has 3 rings (SSSR count). The quantitative estimate of drug-likeness (QED) is 0.712. The van der Waals surface area contributed by atoms with Crippen LogP contribution in [0.4, 0.5) is 0 Å². The minimum absolute atomic E-state index is 0.0457. The SMILES string of the molecule is CC(C)(C)[Si](OC1CC(C(O)C[NH+]=O)C1)(c1ccccc1)c1ccccc1. The van der Waals surface area contributed by atoms with Crippen molar-refractivity contribution in [3.05, 3.63) is 65.6 Å². The Balaban J connectivity index is 1.95. The first-order chi connectivity index (χ1) is 12.9. The fourth-order valence-electron chi connectivity index (χ4n) is 4.21. The topological polar surface area (TPSA) is 60.5 Å². The Morgan fingerprint density at radius 2 is 1.52 bits per heavy atom. The number of benzene rings is 2. The van der Waals surface area contributed by atoms with E-state index < -0.39 is 14.4 Å². The summed E-state index contributed by atoms with van der Waals surface area (Å²) < 4.78 is 7.00. The molecule has 1 fully saturated rings. The summed E-state index contributed by atoms with van der Waals surface area (Å²) in [5, 5.41) is 14.4. The second kappa shape index (κ2) is 8.05. The third kappa shape index (κ3) is 3.91. The van der Waals surface area contributed by atoms with Crippen LogP contribution >= 0.6 is 0 Å². The normalized spacial score (nSPS) is 21.3. The molecule has 0 bridgehead atoms. The Kier molecular flexibility index (Phi) is 5.94. The van der Waals surface area contributed by atoms with E-state index in [9.17, 15) is 10.0 Å². The number of aliphatic hydroxyl groups is 1. The van der Waals surface area contributed by atoms with E-state index in [2.05, 4.69) is 69.3 Å². The van der Waals surface area contributed by atoms with Gasteiger partial charge in [-0.15, -0.1) is 0 Å². The molecule has 2 N–H and O–H groups in total.